The topological polar surface area (TPSA) is 72.2 Å². The van der Waals surface area contributed by atoms with Crippen molar-refractivity contribution in [1.29, 1.82) is 0 Å². The summed E-state index contributed by atoms with van der Waals surface area (Å²) in [6, 6.07) is 21.3. The Morgan fingerprint density at radius 1 is 1.00 bits per heavy atom. The van der Waals surface area contributed by atoms with Crippen molar-refractivity contribution in [3.63, 3.8) is 0 Å². The van der Waals surface area contributed by atoms with Crippen LogP contribution in [0.5, 0.6) is 0 Å². The van der Waals surface area contributed by atoms with Crippen LogP contribution >= 0.6 is 23.4 Å². The summed E-state index contributed by atoms with van der Waals surface area (Å²) in [5, 5.41) is 17.1. The molecule has 1 amide bonds. The number of hydrogen-bond donors (Lipinski definition) is 1. The third-order valence-corrected chi connectivity index (χ3v) is 5.46. The number of nitrogens with zero attached hydrogens (tertiary/aromatic N) is 4. The predicted molar refractivity (Wildman–Crippen MR) is 115 cm³/mol. The monoisotopic (exact) mass is 423 g/mol. The van der Waals surface area contributed by atoms with Gasteiger partial charge in [-0.1, -0.05) is 65.8 Å². The maximum Gasteiger partial charge on any atom is 0.230 e. The summed E-state index contributed by atoms with van der Waals surface area (Å²) < 4.78 is 1.66. The Morgan fingerprint density at radius 2 is 1.79 bits per heavy atom. The molecular formula is C21H18ClN5OS. The van der Waals surface area contributed by atoms with E-state index in [9.17, 15) is 4.79 Å². The molecule has 0 bridgehead atoms. The Kier molecular flexibility index (Phi) is 6.07. The van der Waals surface area contributed by atoms with Gasteiger partial charge >= 0.3 is 0 Å². The molecule has 0 saturated carbocycles. The molecule has 4 rings (SSSR count). The van der Waals surface area contributed by atoms with Crippen LogP contribution in [0.2, 0.25) is 5.02 Å². The first-order valence-electron chi connectivity index (χ1n) is 9.11. The highest BCUT2D eigenvalue weighted by atomic mass is 35.5. The Bertz CT molecular complexity index is 1120. The van der Waals surface area contributed by atoms with Gasteiger partial charge in [-0.3, -0.25) is 4.79 Å². The molecule has 8 heteroatoms. The molecule has 0 aliphatic carbocycles. The molecule has 4 aromatic rings. The van der Waals surface area contributed by atoms with E-state index in [2.05, 4.69) is 20.6 Å². The van der Waals surface area contributed by atoms with Crippen molar-refractivity contribution in [3.05, 3.63) is 77.3 Å². The minimum atomic E-state index is -0.0449. The number of aromatic nitrogens is 4. The van der Waals surface area contributed by atoms with Crippen molar-refractivity contribution in [2.45, 2.75) is 11.6 Å². The van der Waals surface area contributed by atoms with Crippen LogP contribution < -0.4 is 5.32 Å². The van der Waals surface area contributed by atoms with E-state index in [1.807, 2.05) is 66.7 Å². The van der Waals surface area contributed by atoms with E-state index in [1.54, 1.807) is 4.52 Å². The number of carbonyl (C=O) groups is 1. The molecule has 0 unspecified atom stereocenters. The summed E-state index contributed by atoms with van der Waals surface area (Å²) in [4.78, 5) is 12.2. The van der Waals surface area contributed by atoms with Gasteiger partial charge in [-0.15, -0.1) is 10.2 Å². The number of rotatable bonds is 7. The van der Waals surface area contributed by atoms with E-state index in [4.69, 9.17) is 11.6 Å². The molecule has 0 aliphatic heterocycles. The maximum absolute atomic E-state index is 12.2. The third kappa shape index (κ3) is 4.93. The smallest absolute Gasteiger partial charge is 0.230 e. The first-order valence-corrected chi connectivity index (χ1v) is 10.5. The zero-order valence-corrected chi connectivity index (χ0v) is 17.0. The Balaban J connectivity index is 1.38. The number of carbonyl (C=O) groups excluding carboxylic acids is 1. The summed E-state index contributed by atoms with van der Waals surface area (Å²) >= 11 is 7.27. The van der Waals surface area contributed by atoms with E-state index in [1.165, 1.54) is 17.3 Å². The van der Waals surface area contributed by atoms with E-state index < -0.39 is 0 Å². The number of hydrogen-bond acceptors (Lipinski definition) is 5. The minimum absolute atomic E-state index is 0.0449. The summed E-state index contributed by atoms with van der Waals surface area (Å²) in [6.45, 7) is 0.600. The molecular weight excluding hydrogens is 406 g/mol. The Morgan fingerprint density at radius 3 is 2.59 bits per heavy atom. The van der Waals surface area contributed by atoms with Crippen molar-refractivity contribution < 1.29 is 4.79 Å². The van der Waals surface area contributed by atoms with E-state index in [-0.39, 0.29) is 11.7 Å². The minimum Gasteiger partial charge on any atom is -0.355 e. The van der Waals surface area contributed by atoms with Crippen LogP contribution in [0, 0.1) is 0 Å². The molecule has 1 N–H and O–H groups in total. The lowest BCUT2D eigenvalue weighted by molar-refractivity contribution is -0.118. The van der Waals surface area contributed by atoms with Crippen LogP contribution in [0.15, 0.2) is 71.9 Å². The molecule has 0 fully saturated rings. The quantitative estimate of drug-likeness (QED) is 0.456. The average molecular weight is 424 g/mol. The lowest BCUT2D eigenvalue weighted by atomic mass is 10.1. The Labute approximate surface area is 177 Å². The van der Waals surface area contributed by atoms with E-state index in [0.29, 0.717) is 22.4 Å². The highest BCUT2D eigenvalue weighted by molar-refractivity contribution is 7.99. The van der Waals surface area contributed by atoms with Gasteiger partial charge < -0.3 is 5.32 Å². The molecule has 0 atom stereocenters. The third-order valence-electron chi connectivity index (χ3n) is 4.29. The number of benzene rings is 2. The zero-order valence-electron chi connectivity index (χ0n) is 15.5. The normalized spacial score (nSPS) is 10.9. The van der Waals surface area contributed by atoms with Gasteiger partial charge in [0, 0.05) is 17.1 Å². The fourth-order valence-corrected chi connectivity index (χ4v) is 3.65. The van der Waals surface area contributed by atoms with Crippen molar-refractivity contribution >= 4 is 34.9 Å². The van der Waals surface area contributed by atoms with Gasteiger partial charge in [-0.25, -0.2) is 0 Å². The van der Waals surface area contributed by atoms with E-state index >= 15 is 0 Å². The molecule has 2 aromatic carbocycles. The van der Waals surface area contributed by atoms with Gasteiger partial charge in [0.15, 0.2) is 5.65 Å². The second-order valence-electron chi connectivity index (χ2n) is 6.35. The molecule has 0 spiro atoms. The van der Waals surface area contributed by atoms with Crippen molar-refractivity contribution in [2.75, 3.05) is 12.3 Å². The molecule has 6 nitrogen and oxygen atoms in total. The molecule has 0 aliphatic rings. The van der Waals surface area contributed by atoms with Crippen LogP contribution in [0.4, 0.5) is 0 Å². The van der Waals surface area contributed by atoms with E-state index in [0.717, 1.165) is 17.7 Å². The molecule has 0 radical (unpaired) electrons. The standard InChI is InChI=1S/C21H18ClN5OS/c22-17-8-6-16(7-9-17)18-10-11-19-24-25-21(27(19)26-18)29-14-20(28)23-13-12-15-4-2-1-3-5-15/h1-11H,12-14H2,(H,23,28). The van der Waals surface area contributed by atoms with Crippen LogP contribution in [0.1, 0.15) is 5.56 Å². The molecule has 2 heterocycles. The molecule has 146 valence electrons. The lowest BCUT2D eigenvalue weighted by Crippen LogP contribution is -2.27. The number of nitrogens with one attached hydrogen (secondary N) is 1. The molecule has 29 heavy (non-hydrogen) atoms. The highest BCUT2D eigenvalue weighted by Crippen LogP contribution is 2.22. The first-order chi connectivity index (χ1) is 14.2. The number of thioether (sulfide) groups is 1. The fourth-order valence-electron chi connectivity index (χ4n) is 2.81. The number of fused-ring (bicyclic) bond motifs is 1. The van der Waals surface area contributed by atoms with Crippen LogP contribution in [-0.4, -0.2) is 38.0 Å². The predicted octanol–water partition coefficient (Wildman–Crippen LogP) is 3.90. The van der Waals surface area contributed by atoms with Gasteiger partial charge in [0.1, 0.15) is 0 Å². The molecule has 2 aromatic heterocycles. The van der Waals surface area contributed by atoms with Crippen molar-refractivity contribution in [2.24, 2.45) is 0 Å². The number of amides is 1. The second kappa shape index (κ2) is 9.07. The van der Waals surface area contributed by atoms with Crippen LogP contribution in [0.25, 0.3) is 16.9 Å². The van der Waals surface area contributed by atoms with Crippen LogP contribution in [0.3, 0.4) is 0 Å². The van der Waals surface area contributed by atoms with Crippen molar-refractivity contribution in [1.82, 2.24) is 25.1 Å². The van der Waals surface area contributed by atoms with Crippen molar-refractivity contribution in [3.8, 4) is 11.3 Å². The van der Waals surface area contributed by atoms with Gasteiger partial charge in [0.2, 0.25) is 11.1 Å². The molecule has 0 saturated heterocycles. The van der Waals surface area contributed by atoms with Gasteiger partial charge in [0.05, 0.1) is 11.4 Å². The second-order valence-corrected chi connectivity index (χ2v) is 7.73. The summed E-state index contributed by atoms with van der Waals surface area (Å²) in [5.74, 6) is 0.208. The number of halogens is 1. The summed E-state index contributed by atoms with van der Waals surface area (Å²) in [6.07, 6.45) is 0.803. The largest absolute Gasteiger partial charge is 0.355 e. The lowest BCUT2D eigenvalue weighted by Gasteiger charge is -2.05. The maximum atomic E-state index is 12.2. The van der Waals surface area contributed by atoms with Gasteiger partial charge in [-0.05, 0) is 36.2 Å². The SMILES string of the molecule is O=C(CSc1nnc2ccc(-c3ccc(Cl)cc3)nn12)NCCc1ccccc1. The summed E-state index contributed by atoms with van der Waals surface area (Å²) in [5.41, 5.74) is 3.56. The fraction of sp³-hybridized carbons (Fsp3) is 0.143. The van der Waals surface area contributed by atoms with Crippen LogP contribution in [-0.2, 0) is 11.2 Å². The van der Waals surface area contributed by atoms with Gasteiger partial charge in [-0.2, -0.15) is 9.61 Å². The first kappa shape index (κ1) is 19.4. The van der Waals surface area contributed by atoms with Gasteiger partial charge in [0.25, 0.3) is 0 Å². The average Bonchev–Trinajstić information content (AvgIpc) is 3.16. The highest BCUT2D eigenvalue weighted by Gasteiger charge is 2.11. The zero-order chi connectivity index (χ0) is 20.1. The summed E-state index contributed by atoms with van der Waals surface area (Å²) in [7, 11) is 0. The Hall–Kier alpha value is -2.90.